The quantitative estimate of drug-likeness (QED) is 0.925. The van der Waals surface area contributed by atoms with Crippen molar-refractivity contribution < 1.29 is 4.74 Å². The van der Waals surface area contributed by atoms with Crippen LogP contribution in [0.5, 0.6) is 5.75 Å². The van der Waals surface area contributed by atoms with Crippen molar-refractivity contribution in [1.82, 2.24) is 9.78 Å². The Labute approximate surface area is 110 Å². The number of nitrogens with one attached hydrogen (secondary N) is 1. The predicted molar refractivity (Wildman–Crippen MR) is 71.3 cm³/mol. The SMILES string of the molecule is Cc1cc(=O)n(CC(C)Oc2cccc(Cl)c2)[nH]1. The summed E-state index contributed by atoms with van der Waals surface area (Å²) in [5, 5.41) is 3.60. The molecule has 0 aliphatic carbocycles. The third-order valence-electron chi connectivity index (χ3n) is 2.49. The summed E-state index contributed by atoms with van der Waals surface area (Å²) in [6, 6.07) is 8.77. The number of aromatic nitrogens is 2. The number of benzene rings is 1. The van der Waals surface area contributed by atoms with Gasteiger partial charge in [-0.25, -0.2) is 4.68 Å². The minimum Gasteiger partial charge on any atom is -0.489 e. The van der Waals surface area contributed by atoms with E-state index in [4.69, 9.17) is 16.3 Å². The monoisotopic (exact) mass is 266 g/mol. The zero-order valence-electron chi connectivity index (χ0n) is 10.3. The molecule has 0 saturated carbocycles. The lowest BCUT2D eigenvalue weighted by Crippen LogP contribution is -2.26. The normalized spacial score (nSPS) is 12.4. The summed E-state index contributed by atoms with van der Waals surface area (Å²) in [5.74, 6) is 0.700. The van der Waals surface area contributed by atoms with Crippen LogP contribution in [0.2, 0.25) is 5.02 Å². The Bertz CT molecular complexity index is 589. The number of nitrogens with zero attached hydrogens (tertiary/aromatic N) is 1. The van der Waals surface area contributed by atoms with E-state index in [2.05, 4.69) is 5.10 Å². The van der Waals surface area contributed by atoms with Crippen molar-refractivity contribution in [3.8, 4) is 5.75 Å². The van der Waals surface area contributed by atoms with E-state index in [1.807, 2.05) is 26.0 Å². The first-order chi connectivity index (χ1) is 8.54. The van der Waals surface area contributed by atoms with E-state index in [0.717, 1.165) is 5.69 Å². The maximum Gasteiger partial charge on any atom is 0.266 e. The average Bonchev–Trinajstić information content (AvgIpc) is 2.57. The molecule has 96 valence electrons. The van der Waals surface area contributed by atoms with Gasteiger partial charge in [0.1, 0.15) is 11.9 Å². The van der Waals surface area contributed by atoms with E-state index in [0.29, 0.717) is 17.3 Å². The van der Waals surface area contributed by atoms with Gasteiger partial charge in [0.05, 0.1) is 6.54 Å². The molecule has 0 aliphatic rings. The summed E-state index contributed by atoms with van der Waals surface area (Å²) < 4.78 is 7.23. The van der Waals surface area contributed by atoms with Crippen LogP contribution < -0.4 is 10.3 Å². The van der Waals surface area contributed by atoms with Crippen molar-refractivity contribution in [2.45, 2.75) is 26.5 Å². The molecule has 0 saturated heterocycles. The van der Waals surface area contributed by atoms with E-state index in [1.54, 1.807) is 18.2 Å². The molecule has 0 aliphatic heterocycles. The van der Waals surface area contributed by atoms with Crippen molar-refractivity contribution in [2.24, 2.45) is 0 Å². The molecule has 0 fully saturated rings. The number of halogens is 1. The summed E-state index contributed by atoms with van der Waals surface area (Å²) in [5.41, 5.74) is 0.795. The molecular weight excluding hydrogens is 252 g/mol. The second kappa shape index (κ2) is 5.31. The zero-order chi connectivity index (χ0) is 13.1. The van der Waals surface area contributed by atoms with Gasteiger partial charge in [-0.3, -0.25) is 9.89 Å². The van der Waals surface area contributed by atoms with Crippen LogP contribution in [0, 0.1) is 6.92 Å². The molecule has 2 aromatic rings. The third kappa shape index (κ3) is 3.17. The zero-order valence-corrected chi connectivity index (χ0v) is 11.1. The van der Waals surface area contributed by atoms with Gasteiger partial charge in [0.15, 0.2) is 0 Å². The molecule has 18 heavy (non-hydrogen) atoms. The first-order valence-electron chi connectivity index (χ1n) is 5.73. The highest BCUT2D eigenvalue weighted by Gasteiger charge is 2.08. The van der Waals surface area contributed by atoms with Crippen molar-refractivity contribution in [3.63, 3.8) is 0 Å². The van der Waals surface area contributed by atoms with E-state index in [9.17, 15) is 4.79 Å². The van der Waals surface area contributed by atoms with Crippen LogP contribution in [0.3, 0.4) is 0 Å². The predicted octanol–water partition coefficient (Wildman–Crippen LogP) is 2.61. The topological polar surface area (TPSA) is 47.0 Å². The van der Waals surface area contributed by atoms with Crippen molar-refractivity contribution >= 4 is 11.6 Å². The van der Waals surface area contributed by atoms with Gasteiger partial charge in [-0.1, -0.05) is 17.7 Å². The Hall–Kier alpha value is -1.68. The summed E-state index contributed by atoms with van der Waals surface area (Å²) in [6.07, 6.45) is -0.126. The van der Waals surface area contributed by atoms with Gasteiger partial charge in [-0.15, -0.1) is 0 Å². The first kappa shape index (κ1) is 12.8. The molecule has 1 aromatic heterocycles. The summed E-state index contributed by atoms with van der Waals surface area (Å²) >= 11 is 5.88. The van der Waals surface area contributed by atoms with Crippen molar-refractivity contribution in [2.75, 3.05) is 0 Å². The van der Waals surface area contributed by atoms with Crippen LogP contribution in [0.15, 0.2) is 35.1 Å². The van der Waals surface area contributed by atoms with Crippen LogP contribution >= 0.6 is 11.6 Å². The van der Waals surface area contributed by atoms with Crippen molar-refractivity contribution in [3.05, 3.63) is 51.4 Å². The van der Waals surface area contributed by atoms with Crippen LogP contribution in [-0.4, -0.2) is 15.9 Å². The first-order valence-corrected chi connectivity index (χ1v) is 6.11. The number of rotatable bonds is 4. The molecule has 1 atom stereocenters. The lowest BCUT2D eigenvalue weighted by molar-refractivity contribution is 0.192. The fourth-order valence-corrected chi connectivity index (χ4v) is 1.95. The van der Waals surface area contributed by atoms with Crippen molar-refractivity contribution in [1.29, 1.82) is 0 Å². The Morgan fingerprint density at radius 3 is 2.83 bits per heavy atom. The maximum atomic E-state index is 11.5. The second-order valence-corrected chi connectivity index (χ2v) is 4.71. The Kier molecular flexibility index (Phi) is 3.77. The molecular formula is C13H15ClN2O2. The van der Waals surface area contributed by atoms with Gasteiger partial charge >= 0.3 is 0 Å². The molecule has 0 radical (unpaired) electrons. The lowest BCUT2D eigenvalue weighted by Gasteiger charge is -2.15. The van der Waals surface area contributed by atoms with Gasteiger partial charge in [-0.05, 0) is 32.0 Å². The fraction of sp³-hybridized carbons (Fsp3) is 0.308. The Morgan fingerprint density at radius 2 is 2.22 bits per heavy atom. The standard InChI is InChI=1S/C13H15ClN2O2/c1-9-6-13(17)16(15-9)8-10(2)18-12-5-3-4-11(14)7-12/h3-7,10,15H,8H2,1-2H3. The minimum absolute atomic E-state index is 0.0472. The Balaban J connectivity index is 2.03. The molecule has 1 aromatic carbocycles. The molecule has 1 N–H and O–H groups in total. The van der Waals surface area contributed by atoms with Crippen LogP contribution in [0.25, 0.3) is 0 Å². The van der Waals surface area contributed by atoms with E-state index in [-0.39, 0.29) is 11.7 Å². The smallest absolute Gasteiger partial charge is 0.266 e. The molecule has 0 amide bonds. The molecule has 0 bridgehead atoms. The van der Waals surface area contributed by atoms with Crippen LogP contribution in [-0.2, 0) is 6.54 Å². The van der Waals surface area contributed by atoms with Gasteiger partial charge < -0.3 is 4.74 Å². The molecule has 2 rings (SSSR count). The average molecular weight is 267 g/mol. The highest BCUT2D eigenvalue weighted by Crippen LogP contribution is 2.18. The number of H-pyrrole nitrogens is 1. The van der Waals surface area contributed by atoms with Gasteiger partial charge in [0.2, 0.25) is 0 Å². The number of hydrogen-bond acceptors (Lipinski definition) is 2. The highest BCUT2D eigenvalue weighted by atomic mass is 35.5. The Morgan fingerprint density at radius 1 is 1.44 bits per heavy atom. The van der Waals surface area contributed by atoms with E-state index >= 15 is 0 Å². The number of hydrogen-bond donors (Lipinski definition) is 1. The summed E-state index contributed by atoms with van der Waals surface area (Å²) in [7, 11) is 0. The number of aryl methyl sites for hydroxylation is 1. The largest absolute Gasteiger partial charge is 0.489 e. The van der Waals surface area contributed by atoms with Crippen LogP contribution in [0.1, 0.15) is 12.6 Å². The fourth-order valence-electron chi connectivity index (χ4n) is 1.77. The molecule has 1 unspecified atom stereocenters. The second-order valence-electron chi connectivity index (χ2n) is 4.27. The highest BCUT2D eigenvalue weighted by molar-refractivity contribution is 6.30. The van der Waals surface area contributed by atoms with Gasteiger partial charge in [0, 0.05) is 16.8 Å². The number of ether oxygens (including phenoxy) is 1. The molecule has 4 nitrogen and oxygen atoms in total. The molecule has 1 heterocycles. The van der Waals surface area contributed by atoms with Gasteiger partial charge in [0.25, 0.3) is 5.56 Å². The van der Waals surface area contributed by atoms with E-state index in [1.165, 1.54) is 4.68 Å². The molecule has 5 heteroatoms. The number of aromatic amines is 1. The maximum absolute atomic E-state index is 11.5. The van der Waals surface area contributed by atoms with E-state index < -0.39 is 0 Å². The summed E-state index contributed by atoms with van der Waals surface area (Å²) in [6.45, 7) is 4.23. The van der Waals surface area contributed by atoms with Crippen LogP contribution in [0.4, 0.5) is 0 Å². The molecule has 0 spiro atoms. The summed E-state index contributed by atoms with van der Waals surface area (Å²) in [4.78, 5) is 11.5. The van der Waals surface area contributed by atoms with Gasteiger partial charge in [-0.2, -0.15) is 0 Å². The lowest BCUT2D eigenvalue weighted by atomic mass is 10.3. The minimum atomic E-state index is -0.126. The third-order valence-corrected chi connectivity index (χ3v) is 2.73.